The van der Waals surface area contributed by atoms with Crippen LogP contribution in [0.25, 0.3) is 0 Å². The second-order valence-electron chi connectivity index (χ2n) is 8.97. The summed E-state index contributed by atoms with van der Waals surface area (Å²) < 4.78 is 34.8. The minimum atomic E-state index is -0.812. The first-order valence-electron chi connectivity index (χ1n) is 12.3. The minimum Gasteiger partial charge on any atom is -0.482 e. The van der Waals surface area contributed by atoms with Crippen LogP contribution < -0.4 is 20.5 Å². The molecule has 196 valence electrons. The Morgan fingerprint density at radius 1 is 1.13 bits per heavy atom. The molecule has 2 aromatic carbocycles. The van der Waals surface area contributed by atoms with E-state index in [-0.39, 0.29) is 47.8 Å². The van der Waals surface area contributed by atoms with Crippen molar-refractivity contribution in [2.45, 2.75) is 32.7 Å². The summed E-state index contributed by atoms with van der Waals surface area (Å²) in [5, 5.41) is 4.42. The predicted molar refractivity (Wildman–Crippen MR) is 136 cm³/mol. The van der Waals surface area contributed by atoms with Crippen molar-refractivity contribution in [3.8, 4) is 5.75 Å². The van der Waals surface area contributed by atoms with Gasteiger partial charge in [0.05, 0.1) is 0 Å². The van der Waals surface area contributed by atoms with E-state index in [4.69, 9.17) is 4.74 Å². The van der Waals surface area contributed by atoms with Crippen molar-refractivity contribution in [1.29, 1.82) is 0 Å². The zero-order valence-electron chi connectivity index (χ0n) is 20.7. The molecule has 0 bridgehead atoms. The van der Waals surface area contributed by atoms with Crippen LogP contribution in [0.3, 0.4) is 0 Å². The summed E-state index contributed by atoms with van der Waals surface area (Å²) in [6, 6.07) is 12.2. The van der Waals surface area contributed by atoms with E-state index in [2.05, 4.69) is 5.32 Å². The van der Waals surface area contributed by atoms with Crippen LogP contribution in [-0.4, -0.2) is 40.6 Å². The minimum absolute atomic E-state index is 0.0116. The number of rotatable bonds is 7. The maximum Gasteiger partial charge on any atom is 0.278 e. The highest BCUT2D eigenvalue weighted by Gasteiger charge is 2.40. The van der Waals surface area contributed by atoms with Gasteiger partial charge in [-0.3, -0.25) is 24.1 Å². The van der Waals surface area contributed by atoms with E-state index in [1.54, 1.807) is 4.90 Å². The molecule has 0 radical (unpaired) electrons. The summed E-state index contributed by atoms with van der Waals surface area (Å²) in [5.41, 5.74) is -0.124. The quantitative estimate of drug-likeness (QED) is 0.484. The number of ether oxygens (including phenoxy) is 1. The number of halogens is 2. The molecular weight excluding hydrogens is 494 g/mol. The fraction of sp³-hybridized carbons (Fsp3) is 0.250. The summed E-state index contributed by atoms with van der Waals surface area (Å²) in [7, 11) is 0. The summed E-state index contributed by atoms with van der Waals surface area (Å²) in [4.78, 5) is 42.0. The van der Waals surface area contributed by atoms with Gasteiger partial charge in [0.25, 0.3) is 11.8 Å². The van der Waals surface area contributed by atoms with Crippen molar-refractivity contribution in [3.63, 3.8) is 0 Å². The van der Waals surface area contributed by atoms with Crippen LogP contribution in [0, 0.1) is 11.6 Å². The third-order valence-electron chi connectivity index (χ3n) is 6.61. The number of benzene rings is 2. The van der Waals surface area contributed by atoms with Gasteiger partial charge >= 0.3 is 0 Å². The van der Waals surface area contributed by atoms with E-state index >= 15 is 0 Å². The first-order valence-corrected chi connectivity index (χ1v) is 12.3. The fourth-order valence-corrected chi connectivity index (χ4v) is 4.68. The number of pyridine rings is 1. The molecule has 1 aromatic heterocycles. The Kier molecular flexibility index (Phi) is 6.95. The zero-order valence-corrected chi connectivity index (χ0v) is 20.7. The second-order valence-corrected chi connectivity index (χ2v) is 8.97. The molecule has 0 saturated carbocycles. The predicted octanol–water partition coefficient (Wildman–Crippen LogP) is 3.34. The summed E-state index contributed by atoms with van der Waals surface area (Å²) in [5.74, 6) is -2.94. The fourth-order valence-electron chi connectivity index (χ4n) is 4.68. The molecule has 3 aromatic rings. The normalized spacial score (nSPS) is 16.2. The molecule has 38 heavy (non-hydrogen) atoms. The molecule has 1 N–H and O–H groups in total. The number of hydrogen-bond donors (Lipinski definition) is 1. The molecule has 5 rings (SSSR count). The number of aromatic nitrogens is 1. The molecule has 10 heteroatoms. The average molecular weight is 521 g/mol. The Bertz CT molecular complexity index is 1470. The first kappa shape index (κ1) is 25.2. The van der Waals surface area contributed by atoms with E-state index in [0.717, 1.165) is 17.7 Å². The van der Waals surface area contributed by atoms with Crippen LogP contribution in [0.4, 0.5) is 8.78 Å². The monoisotopic (exact) mass is 520 g/mol. The SMILES string of the molecule is CCN1C(=O)c2c(OCc3ccccc3)c(=O)c(C(=O)NCc3ccc(F)cc3F)cn2N2CCC=CC12. The number of nitrogens with one attached hydrogen (secondary N) is 1. The number of carbonyl (C=O) groups excluding carboxylic acids is 2. The standard InChI is InChI=1S/C28H26F2N4O4/c1-2-32-23-10-6-7-13-33(23)34-16-21(27(36)31-15-19-11-12-20(29)14-22(19)30)25(35)26(24(34)28(32)37)38-17-18-8-4-3-5-9-18/h3-6,8-12,14,16,23H,2,7,13,15,17H2,1H3,(H,31,36). The molecule has 2 aliphatic heterocycles. The number of amides is 2. The van der Waals surface area contributed by atoms with Gasteiger partial charge in [0, 0.05) is 37.5 Å². The molecule has 3 heterocycles. The molecule has 0 fully saturated rings. The largest absolute Gasteiger partial charge is 0.482 e. The van der Waals surface area contributed by atoms with E-state index in [9.17, 15) is 23.2 Å². The Labute approximate surface area is 217 Å². The number of carbonyl (C=O) groups is 2. The van der Waals surface area contributed by atoms with E-state index in [1.165, 1.54) is 16.9 Å². The highest BCUT2D eigenvalue weighted by Crippen LogP contribution is 2.28. The maximum absolute atomic E-state index is 14.1. The molecular formula is C28H26F2N4O4. The number of likely N-dealkylation sites (N-methyl/N-ethyl adjacent to an activating group) is 1. The molecule has 1 unspecified atom stereocenters. The van der Waals surface area contributed by atoms with Gasteiger partial charge in [-0.2, -0.15) is 0 Å². The van der Waals surface area contributed by atoms with Crippen LogP contribution in [0.1, 0.15) is 45.3 Å². The molecule has 0 spiro atoms. The Morgan fingerprint density at radius 3 is 2.66 bits per heavy atom. The molecule has 0 aliphatic carbocycles. The first-order chi connectivity index (χ1) is 18.4. The lowest BCUT2D eigenvalue weighted by Crippen LogP contribution is -2.62. The number of nitrogens with zero attached hydrogens (tertiary/aromatic N) is 3. The van der Waals surface area contributed by atoms with Crippen molar-refractivity contribution in [2.75, 3.05) is 18.1 Å². The van der Waals surface area contributed by atoms with Gasteiger partial charge in [-0.15, -0.1) is 0 Å². The van der Waals surface area contributed by atoms with Gasteiger partial charge in [0.1, 0.15) is 30.0 Å². The molecule has 0 saturated heterocycles. The highest BCUT2D eigenvalue weighted by atomic mass is 19.1. The Balaban J connectivity index is 1.56. The van der Waals surface area contributed by atoms with Crippen LogP contribution in [-0.2, 0) is 13.2 Å². The second kappa shape index (κ2) is 10.5. The van der Waals surface area contributed by atoms with Gasteiger partial charge in [0.15, 0.2) is 11.4 Å². The Morgan fingerprint density at radius 2 is 1.92 bits per heavy atom. The van der Waals surface area contributed by atoms with Gasteiger partial charge in [-0.25, -0.2) is 8.78 Å². The van der Waals surface area contributed by atoms with Crippen molar-refractivity contribution in [1.82, 2.24) is 14.9 Å². The van der Waals surface area contributed by atoms with Crippen molar-refractivity contribution < 1.29 is 23.1 Å². The number of hydrogen-bond acceptors (Lipinski definition) is 5. The summed E-state index contributed by atoms with van der Waals surface area (Å²) in [6.45, 7) is 2.55. The smallest absolute Gasteiger partial charge is 0.278 e. The van der Waals surface area contributed by atoms with Crippen LogP contribution in [0.15, 0.2) is 71.7 Å². The number of fused-ring (bicyclic) bond motifs is 3. The molecule has 1 atom stereocenters. The molecule has 8 nitrogen and oxygen atoms in total. The van der Waals surface area contributed by atoms with Gasteiger partial charge < -0.3 is 15.0 Å². The van der Waals surface area contributed by atoms with Crippen LogP contribution in [0.2, 0.25) is 0 Å². The van der Waals surface area contributed by atoms with Crippen molar-refractivity contribution >= 4 is 11.8 Å². The third kappa shape index (κ3) is 4.65. The van der Waals surface area contributed by atoms with E-state index < -0.39 is 23.0 Å². The summed E-state index contributed by atoms with van der Waals surface area (Å²) >= 11 is 0. The lowest BCUT2D eigenvalue weighted by Gasteiger charge is -2.46. The third-order valence-corrected chi connectivity index (χ3v) is 6.61. The van der Waals surface area contributed by atoms with Crippen molar-refractivity contribution in [3.05, 3.63) is 111 Å². The highest BCUT2D eigenvalue weighted by molar-refractivity contribution is 5.99. The van der Waals surface area contributed by atoms with Crippen molar-refractivity contribution in [2.24, 2.45) is 0 Å². The van der Waals surface area contributed by atoms with Gasteiger partial charge in [-0.1, -0.05) is 42.5 Å². The zero-order chi connectivity index (χ0) is 26.8. The van der Waals surface area contributed by atoms with Crippen LogP contribution >= 0.6 is 0 Å². The van der Waals surface area contributed by atoms with E-state index in [0.29, 0.717) is 19.5 Å². The molecule has 2 amide bonds. The van der Waals surface area contributed by atoms with Gasteiger partial charge in [0.2, 0.25) is 5.43 Å². The van der Waals surface area contributed by atoms with Gasteiger partial charge in [-0.05, 0) is 31.1 Å². The lowest BCUT2D eigenvalue weighted by atomic mass is 10.1. The van der Waals surface area contributed by atoms with E-state index in [1.807, 2.05) is 54.4 Å². The van der Waals surface area contributed by atoms with Crippen LogP contribution in [0.5, 0.6) is 5.75 Å². The average Bonchev–Trinajstić information content (AvgIpc) is 2.92. The summed E-state index contributed by atoms with van der Waals surface area (Å²) in [6.07, 6.45) is 5.55. The topological polar surface area (TPSA) is 83.9 Å². The lowest BCUT2D eigenvalue weighted by molar-refractivity contribution is 0.0623. The maximum atomic E-state index is 14.1. The Hall–Kier alpha value is -4.47. The molecule has 2 aliphatic rings.